The number of carbonyl (C=O) groups excluding carboxylic acids is 1. The minimum Gasteiger partial charge on any atom is -0.462 e. The van der Waals surface area contributed by atoms with Crippen LogP contribution in [0.3, 0.4) is 0 Å². The summed E-state index contributed by atoms with van der Waals surface area (Å²) in [7, 11) is -2.56. The van der Waals surface area contributed by atoms with Crippen LogP contribution in [0.2, 0.25) is 39.3 Å². The van der Waals surface area contributed by atoms with Crippen molar-refractivity contribution in [3.8, 4) is 0 Å². The van der Waals surface area contributed by atoms with Gasteiger partial charge in [-0.05, 0) is 59.0 Å². The highest BCUT2D eigenvalue weighted by molar-refractivity contribution is 6.71. The van der Waals surface area contributed by atoms with Gasteiger partial charge in [0.15, 0.2) is 16.6 Å². The highest BCUT2D eigenvalue weighted by atomic mass is 28.4. The first-order valence-corrected chi connectivity index (χ1v) is 15.3. The van der Waals surface area contributed by atoms with Gasteiger partial charge >= 0.3 is 5.97 Å². The maximum atomic E-state index is 11.4. The van der Waals surface area contributed by atoms with E-state index in [0.29, 0.717) is 12.2 Å². The summed E-state index contributed by atoms with van der Waals surface area (Å²) in [6, 6.07) is 0. The summed E-state index contributed by atoms with van der Waals surface area (Å²) in [5.74, 6) is -0.328. The zero-order valence-corrected chi connectivity index (χ0v) is 19.0. The van der Waals surface area contributed by atoms with E-state index < -0.39 is 22.0 Å². The Labute approximate surface area is 134 Å². The summed E-state index contributed by atoms with van der Waals surface area (Å²) in [4.78, 5) is 11.4. The highest BCUT2D eigenvalue weighted by Crippen LogP contribution is 2.26. The van der Waals surface area contributed by atoms with Crippen LogP contribution in [0.5, 0.6) is 0 Å². The predicted octanol–water partition coefficient (Wildman–Crippen LogP) is 2.61. The SMILES string of the molecule is C=C(C)C(=O)OCCCC([SiH3])(O[Si](C)(C)C)O[Si](C)(C)C. The van der Waals surface area contributed by atoms with Gasteiger partial charge in [-0.3, -0.25) is 0 Å². The first-order valence-electron chi connectivity index (χ1n) is 7.47. The Morgan fingerprint density at radius 2 is 1.52 bits per heavy atom. The van der Waals surface area contributed by atoms with Crippen molar-refractivity contribution in [2.24, 2.45) is 0 Å². The quantitative estimate of drug-likeness (QED) is 0.211. The van der Waals surface area contributed by atoms with Gasteiger partial charge < -0.3 is 13.6 Å². The van der Waals surface area contributed by atoms with Crippen LogP contribution in [0.1, 0.15) is 19.8 Å². The summed E-state index contributed by atoms with van der Waals surface area (Å²) < 4.78 is 17.8. The Hall–Kier alpha value is -0.219. The van der Waals surface area contributed by atoms with Crippen molar-refractivity contribution in [1.29, 1.82) is 0 Å². The average Bonchev–Trinajstić information content (AvgIpc) is 2.18. The van der Waals surface area contributed by atoms with Crippen molar-refractivity contribution >= 4 is 32.8 Å². The molecule has 0 spiro atoms. The van der Waals surface area contributed by atoms with Crippen LogP contribution in [-0.2, 0) is 18.4 Å². The second-order valence-electron chi connectivity index (χ2n) is 7.58. The van der Waals surface area contributed by atoms with E-state index in [4.69, 9.17) is 13.6 Å². The van der Waals surface area contributed by atoms with Crippen LogP contribution in [-0.4, -0.2) is 44.9 Å². The van der Waals surface area contributed by atoms with Crippen molar-refractivity contribution < 1.29 is 18.4 Å². The third kappa shape index (κ3) is 11.1. The molecule has 0 saturated heterocycles. The first kappa shape index (κ1) is 20.8. The highest BCUT2D eigenvalue weighted by Gasteiger charge is 2.35. The molecule has 0 aromatic carbocycles. The number of rotatable bonds is 9. The fourth-order valence-corrected chi connectivity index (χ4v) is 9.09. The Morgan fingerprint density at radius 3 is 1.86 bits per heavy atom. The van der Waals surface area contributed by atoms with E-state index in [-0.39, 0.29) is 5.97 Å². The van der Waals surface area contributed by atoms with E-state index in [1.807, 2.05) is 0 Å². The molecule has 0 aromatic rings. The largest absolute Gasteiger partial charge is 0.462 e. The molecular formula is C14H32O4Si3. The molecule has 0 radical (unpaired) electrons. The second kappa shape index (κ2) is 7.87. The van der Waals surface area contributed by atoms with Crippen molar-refractivity contribution in [3.05, 3.63) is 12.2 Å². The van der Waals surface area contributed by atoms with E-state index in [1.165, 1.54) is 0 Å². The molecule has 124 valence electrons. The van der Waals surface area contributed by atoms with Crippen LogP contribution >= 0.6 is 0 Å². The van der Waals surface area contributed by atoms with Crippen molar-refractivity contribution in [1.82, 2.24) is 0 Å². The molecule has 0 fully saturated rings. The normalized spacial score (nSPS) is 13.3. The fourth-order valence-electron chi connectivity index (χ4n) is 2.10. The van der Waals surface area contributed by atoms with Gasteiger partial charge in [0.25, 0.3) is 0 Å². The molecule has 21 heavy (non-hydrogen) atoms. The zero-order valence-electron chi connectivity index (χ0n) is 15.0. The van der Waals surface area contributed by atoms with E-state index in [1.54, 1.807) is 6.92 Å². The molecule has 0 aliphatic rings. The minimum atomic E-state index is -1.68. The van der Waals surface area contributed by atoms with Gasteiger partial charge in [0, 0.05) is 5.57 Å². The van der Waals surface area contributed by atoms with Crippen LogP contribution in [0.25, 0.3) is 0 Å². The van der Waals surface area contributed by atoms with Crippen molar-refractivity contribution in [2.45, 2.75) is 64.5 Å². The Morgan fingerprint density at radius 1 is 1.10 bits per heavy atom. The molecule has 0 heterocycles. The molecule has 7 heteroatoms. The topological polar surface area (TPSA) is 44.8 Å². The zero-order chi connectivity index (χ0) is 16.9. The number of ether oxygens (including phenoxy) is 1. The molecule has 0 N–H and O–H groups in total. The second-order valence-corrected chi connectivity index (χ2v) is 18.0. The summed E-state index contributed by atoms with van der Waals surface area (Å²) in [5.41, 5.74) is -0.0197. The third-order valence-electron chi connectivity index (χ3n) is 2.40. The number of hydrogen-bond donors (Lipinski definition) is 0. The van der Waals surface area contributed by atoms with Gasteiger partial charge in [-0.2, -0.15) is 0 Å². The number of carbonyl (C=O) groups is 1. The van der Waals surface area contributed by atoms with Crippen LogP contribution in [0.4, 0.5) is 0 Å². The van der Waals surface area contributed by atoms with Crippen molar-refractivity contribution in [2.75, 3.05) is 6.61 Å². The van der Waals surface area contributed by atoms with Crippen LogP contribution in [0.15, 0.2) is 12.2 Å². The Kier molecular flexibility index (Phi) is 7.78. The summed E-state index contributed by atoms with van der Waals surface area (Å²) in [5, 5.41) is 0. The van der Waals surface area contributed by atoms with Gasteiger partial charge in [-0.1, -0.05) is 6.58 Å². The smallest absolute Gasteiger partial charge is 0.333 e. The lowest BCUT2D eigenvalue weighted by Crippen LogP contribution is -2.50. The van der Waals surface area contributed by atoms with E-state index in [0.717, 1.165) is 23.1 Å². The van der Waals surface area contributed by atoms with Crippen LogP contribution < -0.4 is 0 Å². The molecular weight excluding hydrogens is 316 g/mol. The number of esters is 1. The first-order chi connectivity index (χ1) is 9.24. The molecule has 0 aliphatic carbocycles. The minimum absolute atomic E-state index is 0.328. The fraction of sp³-hybridized carbons (Fsp3) is 0.786. The van der Waals surface area contributed by atoms with Gasteiger partial charge in [0.05, 0.1) is 16.8 Å². The maximum Gasteiger partial charge on any atom is 0.333 e. The molecule has 0 amide bonds. The van der Waals surface area contributed by atoms with E-state index in [2.05, 4.69) is 45.9 Å². The molecule has 0 atom stereocenters. The van der Waals surface area contributed by atoms with E-state index in [9.17, 15) is 4.79 Å². The van der Waals surface area contributed by atoms with Crippen molar-refractivity contribution in [3.63, 3.8) is 0 Å². The molecule has 0 unspecified atom stereocenters. The summed E-state index contributed by atoms with van der Waals surface area (Å²) >= 11 is 0. The lowest BCUT2D eigenvalue weighted by atomic mass is 10.3. The molecule has 0 rings (SSSR count). The Balaban J connectivity index is 4.55. The summed E-state index contributed by atoms with van der Waals surface area (Å²) in [6.45, 7) is 18.7. The number of hydrogen-bond acceptors (Lipinski definition) is 4. The van der Waals surface area contributed by atoms with Crippen LogP contribution in [0, 0.1) is 0 Å². The van der Waals surface area contributed by atoms with Gasteiger partial charge in [0.2, 0.25) is 0 Å². The van der Waals surface area contributed by atoms with Gasteiger partial charge in [-0.15, -0.1) is 0 Å². The van der Waals surface area contributed by atoms with E-state index >= 15 is 0 Å². The standard InChI is InChI=1S/C14H32O4Si3/c1-12(2)13(15)16-11-9-10-14(19,17-20(3,4)5)18-21(6,7)8/h1,9-11H2,2-8,19H3. The molecule has 0 aromatic heterocycles. The predicted molar refractivity (Wildman–Crippen MR) is 96.5 cm³/mol. The maximum absolute atomic E-state index is 11.4. The molecule has 4 nitrogen and oxygen atoms in total. The average molecular weight is 349 g/mol. The monoisotopic (exact) mass is 348 g/mol. The lowest BCUT2D eigenvalue weighted by molar-refractivity contribution is -0.139. The molecule has 0 aliphatic heterocycles. The Bertz CT molecular complexity index is 353. The van der Waals surface area contributed by atoms with Gasteiger partial charge in [-0.25, -0.2) is 4.79 Å². The third-order valence-corrected chi connectivity index (χ3v) is 6.21. The summed E-state index contributed by atoms with van der Waals surface area (Å²) in [6.07, 6.45) is 1.52. The lowest BCUT2D eigenvalue weighted by Gasteiger charge is -2.41. The van der Waals surface area contributed by atoms with Gasteiger partial charge in [0.1, 0.15) is 5.41 Å². The molecule has 0 bridgehead atoms. The molecule has 0 saturated carbocycles.